The van der Waals surface area contributed by atoms with Crippen molar-refractivity contribution in [1.82, 2.24) is 15.0 Å². The molecule has 1 aromatic carbocycles. The average molecular weight is 408 g/mol. The van der Waals surface area contributed by atoms with Gasteiger partial charge in [-0.05, 0) is 51.5 Å². The summed E-state index contributed by atoms with van der Waals surface area (Å²) in [5.41, 5.74) is -0.195. The first kappa shape index (κ1) is 18.3. The molecule has 132 valence electrons. The van der Waals surface area contributed by atoms with Gasteiger partial charge in [-0.2, -0.15) is 0 Å². The van der Waals surface area contributed by atoms with Gasteiger partial charge in [-0.3, -0.25) is 0 Å². The first-order valence-electron chi connectivity index (χ1n) is 8.04. The molecule has 1 saturated heterocycles. The molecule has 1 aromatic heterocycles. The van der Waals surface area contributed by atoms with Crippen molar-refractivity contribution in [1.29, 1.82) is 0 Å². The van der Waals surface area contributed by atoms with E-state index in [0.29, 0.717) is 12.2 Å². The van der Waals surface area contributed by atoms with E-state index in [-0.39, 0.29) is 0 Å². The van der Waals surface area contributed by atoms with Gasteiger partial charge in [0, 0.05) is 4.47 Å². The zero-order valence-electron chi connectivity index (χ0n) is 14.7. The van der Waals surface area contributed by atoms with E-state index in [9.17, 15) is 4.39 Å². The molecule has 0 unspecified atom stereocenters. The number of hydrogen-bond donors (Lipinski definition) is 0. The highest BCUT2D eigenvalue weighted by Crippen LogP contribution is 2.38. The molecule has 0 spiro atoms. The van der Waals surface area contributed by atoms with E-state index >= 15 is 0 Å². The van der Waals surface area contributed by atoms with Crippen molar-refractivity contribution in [3.8, 4) is 0 Å². The van der Waals surface area contributed by atoms with Gasteiger partial charge in [-0.15, -0.1) is 5.10 Å². The fraction of sp³-hybridized carbons (Fsp3) is 0.412. The highest BCUT2D eigenvalue weighted by Gasteiger charge is 2.53. The maximum absolute atomic E-state index is 14.5. The summed E-state index contributed by atoms with van der Waals surface area (Å²) >= 11 is 3.44. The molecular weight excluding hydrogens is 388 g/mol. The standard InChI is InChI=1S/C17H20BBrFN3O2/c1-16(2)17(3,4)25-18(24-16)15(20)9-14-11-23(22-21-14)10-12-6-5-7-13(19)8-12/h5-9,11H,10H2,1-4H3. The molecule has 2 aromatic rings. The van der Waals surface area contributed by atoms with Gasteiger partial charge in [0.2, 0.25) is 0 Å². The van der Waals surface area contributed by atoms with E-state index in [1.54, 1.807) is 10.9 Å². The lowest BCUT2D eigenvalue weighted by Crippen LogP contribution is -2.41. The van der Waals surface area contributed by atoms with Gasteiger partial charge >= 0.3 is 7.12 Å². The molecule has 1 aliphatic rings. The van der Waals surface area contributed by atoms with Crippen LogP contribution in [-0.4, -0.2) is 33.3 Å². The molecule has 0 bridgehead atoms. The second-order valence-electron chi connectivity index (χ2n) is 7.09. The van der Waals surface area contributed by atoms with Crippen LogP contribution in [0.3, 0.4) is 0 Å². The molecule has 8 heteroatoms. The monoisotopic (exact) mass is 407 g/mol. The van der Waals surface area contributed by atoms with E-state index in [4.69, 9.17) is 9.31 Å². The van der Waals surface area contributed by atoms with Gasteiger partial charge in [0.25, 0.3) is 0 Å². The Morgan fingerprint density at radius 1 is 1.28 bits per heavy atom. The maximum atomic E-state index is 14.5. The zero-order valence-corrected chi connectivity index (χ0v) is 16.2. The number of hydrogen-bond acceptors (Lipinski definition) is 4. The SMILES string of the molecule is CC1(C)OB(C(F)=Cc2cn(Cc3cccc(Br)c3)nn2)OC1(C)C. The van der Waals surface area contributed by atoms with Crippen LogP contribution < -0.4 is 0 Å². The van der Waals surface area contributed by atoms with Crippen LogP contribution in [0.25, 0.3) is 6.08 Å². The smallest absolute Gasteiger partial charge is 0.398 e. The fourth-order valence-corrected chi connectivity index (χ4v) is 2.89. The molecule has 0 aliphatic carbocycles. The van der Waals surface area contributed by atoms with Gasteiger partial charge < -0.3 is 9.31 Å². The predicted molar refractivity (Wildman–Crippen MR) is 98.4 cm³/mol. The molecule has 0 atom stereocenters. The summed E-state index contributed by atoms with van der Waals surface area (Å²) in [5, 5.41) is 8.03. The summed E-state index contributed by atoms with van der Waals surface area (Å²) in [6, 6.07) is 7.91. The number of halogens is 2. The van der Waals surface area contributed by atoms with Gasteiger partial charge in [0.15, 0.2) is 0 Å². The molecule has 1 aliphatic heterocycles. The molecule has 25 heavy (non-hydrogen) atoms. The second-order valence-corrected chi connectivity index (χ2v) is 8.00. The van der Waals surface area contributed by atoms with E-state index < -0.39 is 24.0 Å². The molecule has 3 rings (SSSR count). The topological polar surface area (TPSA) is 49.2 Å². The van der Waals surface area contributed by atoms with Crippen molar-refractivity contribution >= 4 is 29.1 Å². The minimum Gasteiger partial charge on any atom is -0.398 e. The summed E-state index contributed by atoms with van der Waals surface area (Å²) in [4.78, 5) is 0. The van der Waals surface area contributed by atoms with Crippen LogP contribution in [0.15, 0.2) is 40.7 Å². The van der Waals surface area contributed by atoms with Crippen LogP contribution in [0.1, 0.15) is 39.0 Å². The largest absolute Gasteiger partial charge is 0.525 e. The third kappa shape index (κ3) is 4.02. The molecule has 0 N–H and O–H groups in total. The van der Waals surface area contributed by atoms with Crippen molar-refractivity contribution in [2.45, 2.75) is 45.4 Å². The van der Waals surface area contributed by atoms with E-state index in [2.05, 4.69) is 26.2 Å². The third-order valence-corrected chi connectivity index (χ3v) is 5.05. The molecule has 5 nitrogen and oxygen atoms in total. The Kier molecular flexibility index (Phi) is 4.87. The minimum absolute atomic E-state index is 0.419. The lowest BCUT2D eigenvalue weighted by Gasteiger charge is -2.32. The highest BCUT2D eigenvalue weighted by molar-refractivity contribution is 9.10. The molecule has 0 radical (unpaired) electrons. The molecule has 1 fully saturated rings. The van der Waals surface area contributed by atoms with Crippen molar-refractivity contribution in [2.24, 2.45) is 0 Å². The van der Waals surface area contributed by atoms with Gasteiger partial charge in [0.05, 0.1) is 23.9 Å². The summed E-state index contributed by atoms with van der Waals surface area (Å²) in [5.74, 6) is 0. The van der Waals surface area contributed by atoms with E-state index in [1.807, 2.05) is 52.0 Å². The predicted octanol–water partition coefficient (Wildman–Crippen LogP) is 4.03. The number of benzene rings is 1. The Balaban J connectivity index is 1.71. The summed E-state index contributed by atoms with van der Waals surface area (Å²) in [6.45, 7) is 8.09. The molecule has 0 amide bonds. The van der Waals surface area contributed by atoms with Crippen LogP contribution in [0.5, 0.6) is 0 Å². The van der Waals surface area contributed by atoms with Gasteiger partial charge in [0.1, 0.15) is 11.4 Å². The van der Waals surface area contributed by atoms with Crippen molar-refractivity contribution < 1.29 is 13.7 Å². The van der Waals surface area contributed by atoms with Crippen LogP contribution in [0, 0.1) is 0 Å². The van der Waals surface area contributed by atoms with E-state index in [0.717, 1.165) is 10.0 Å². The first-order valence-corrected chi connectivity index (χ1v) is 8.83. The Bertz CT molecular complexity index is 791. The molecular formula is C17H20BBrFN3O2. The van der Waals surface area contributed by atoms with Crippen LogP contribution in [0.2, 0.25) is 0 Å². The lowest BCUT2D eigenvalue weighted by molar-refractivity contribution is 0.00578. The zero-order chi connectivity index (χ0) is 18.2. The number of nitrogens with zero attached hydrogens (tertiary/aromatic N) is 3. The average Bonchev–Trinajstić information content (AvgIpc) is 3.01. The van der Waals surface area contributed by atoms with E-state index in [1.165, 1.54) is 6.08 Å². The fourth-order valence-electron chi connectivity index (χ4n) is 2.44. The Morgan fingerprint density at radius 2 is 1.96 bits per heavy atom. The Hall–Kier alpha value is -1.51. The van der Waals surface area contributed by atoms with Crippen molar-refractivity contribution in [2.75, 3.05) is 0 Å². The normalized spacial score (nSPS) is 19.4. The second kappa shape index (κ2) is 6.66. The summed E-state index contributed by atoms with van der Waals surface area (Å²) in [6.07, 6.45) is 2.98. The summed E-state index contributed by atoms with van der Waals surface area (Å²) < 4.78 is 28.5. The number of rotatable bonds is 4. The van der Waals surface area contributed by atoms with Crippen LogP contribution in [-0.2, 0) is 15.9 Å². The molecule has 0 saturated carbocycles. The van der Waals surface area contributed by atoms with Crippen molar-refractivity contribution in [3.63, 3.8) is 0 Å². The third-order valence-electron chi connectivity index (χ3n) is 4.55. The van der Waals surface area contributed by atoms with Gasteiger partial charge in [-0.1, -0.05) is 33.3 Å². The highest BCUT2D eigenvalue weighted by atomic mass is 79.9. The maximum Gasteiger partial charge on any atom is 0.525 e. The minimum atomic E-state index is -1.03. The first-order chi connectivity index (χ1) is 11.7. The Morgan fingerprint density at radius 3 is 2.60 bits per heavy atom. The lowest BCUT2D eigenvalue weighted by atomic mass is 9.87. The number of aromatic nitrogens is 3. The van der Waals surface area contributed by atoms with Gasteiger partial charge in [-0.25, -0.2) is 9.07 Å². The Labute approximate surface area is 155 Å². The quantitative estimate of drug-likeness (QED) is 0.718. The van der Waals surface area contributed by atoms with Crippen LogP contribution >= 0.6 is 15.9 Å². The molecule has 2 heterocycles. The van der Waals surface area contributed by atoms with Crippen LogP contribution in [0.4, 0.5) is 4.39 Å². The summed E-state index contributed by atoms with van der Waals surface area (Å²) in [7, 11) is -1.03. The van der Waals surface area contributed by atoms with Crippen molar-refractivity contribution in [3.05, 3.63) is 51.9 Å².